The number of carbonyl (C=O) groups excluding carboxylic acids is 1. The summed E-state index contributed by atoms with van der Waals surface area (Å²) >= 11 is 5.94. The first-order valence-corrected chi connectivity index (χ1v) is 6.24. The molecular weight excluding hydrogens is 266 g/mol. The summed E-state index contributed by atoms with van der Waals surface area (Å²) in [5.41, 5.74) is -0.0344. The summed E-state index contributed by atoms with van der Waals surface area (Å²) in [6, 6.07) is 6.71. The summed E-state index contributed by atoms with van der Waals surface area (Å²) in [6.45, 7) is 5.61. The Balaban J connectivity index is 2.46. The molecule has 0 fully saturated rings. The molecule has 0 amide bonds. The van der Waals surface area contributed by atoms with Gasteiger partial charge < -0.3 is 9.47 Å². The van der Waals surface area contributed by atoms with Crippen molar-refractivity contribution in [2.24, 2.45) is 0 Å². The van der Waals surface area contributed by atoms with E-state index in [-0.39, 0.29) is 19.0 Å². The lowest BCUT2D eigenvalue weighted by atomic mass is 10.2. The van der Waals surface area contributed by atoms with Gasteiger partial charge in [-0.15, -0.1) is 0 Å². The summed E-state index contributed by atoms with van der Waals surface area (Å²) < 4.78 is 10.5. The predicted octanol–water partition coefficient (Wildman–Crippen LogP) is 3.32. The van der Waals surface area contributed by atoms with E-state index in [0.717, 1.165) is 0 Å². The molecule has 0 unspecified atom stereocenters. The number of nitriles is 1. The first-order valence-electron chi connectivity index (χ1n) is 5.86. The Kier molecular flexibility index (Phi) is 5.20. The second-order valence-electron chi connectivity index (χ2n) is 4.94. The van der Waals surface area contributed by atoms with Crippen LogP contribution in [-0.2, 0) is 9.53 Å². The summed E-state index contributed by atoms with van der Waals surface area (Å²) in [4.78, 5) is 11.5. The van der Waals surface area contributed by atoms with Crippen LogP contribution in [0.4, 0.5) is 0 Å². The van der Waals surface area contributed by atoms with Crippen molar-refractivity contribution in [1.29, 1.82) is 5.26 Å². The molecule has 0 radical (unpaired) electrons. The van der Waals surface area contributed by atoms with Crippen LogP contribution in [0.3, 0.4) is 0 Å². The minimum Gasteiger partial charge on any atom is -0.491 e. The van der Waals surface area contributed by atoms with Crippen LogP contribution in [0.1, 0.15) is 32.8 Å². The van der Waals surface area contributed by atoms with Gasteiger partial charge in [0.1, 0.15) is 11.4 Å². The van der Waals surface area contributed by atoms with Gasteiger partial charge >= 0.3 is 5.97 Å². The highest BCUT2D eigenvalue weighted by atomic mass is 35.5. The molecule has 0 saturated heterocycles. The molecule has 1 rings (SSSR count). The number of rotatable bonds is 4. The van der Waals surface area contributed by atoms with Gasteiger partial charge in [-0.2, -0.15) is 5.26 Å². The van der Waals surface area contributed by atoms with Crippen LogP contribution >= 0.6 is 11.6 Å². The Morgan fingerprint density at radius 3 is 2.63 bits per heavy atom. The van der Waals surface area contributed by atoms with Crippen molar-refractivity contribution in [3.05, 3.63) is 28.8 Å². The fraction of sp³-hybridized carbons (Fsp3) is 0.429. The van der Waals surface area contributed by atoms with Crippen LogP contribution < -0.4 is 4.74 Å². The number of carbonyl (C=O) groups is 1. The zero-order valence-corrected chi connectivity index (χ0v) is 12.0. The van der Waals surface area contributed by atoms with Crippen LogP contribution in [0, 0.1) is 11.3 Å². The molecule has 0 spiro atoms. The number of ether oxygens (including phenoxy) is 2. The second kappa shape index (κ2) is 6.44. The van der Waals surface area contributed by atoms with Crippen molar-refractivity contribution in [2.45, 2.75) is 32.8 Å². The smallest absolute Gasteiger partial charge is 0.309 e. The highest BCUT2D eigenvalue weighted by Gasteiger charge is 2.16. The van der Waals surface area contributed by atoms with Crippen LogP contribution in [0.5, 0.6) is 5.75 Å². The summed E-state index contributed by atoms with van der Waals surface area (Å²) in [6.07, 6.45) is 0.146. The number of hydrogen-bond acceptors (Lipinski definition) is 4. The maximum absolute atomic E-state index is 11.5. The fourth-order valence-electron chi connectivity index (χ4n) is 1.32. The molecule has 1 aromatic rings. The van der Waals surface area contributed by atoms with E-state index >= 15 is 0 Å². The third-order valence-electron chi connectivity index (χ3n) is 2.04. The van der Waals surface area contributed by atoms with Crippen LogP contribution in [0.15, 0.2) is 18.2 Å². The first-order chi connectivity index (χ1) is 8.81. The van der Waals surface area contributed by atoms with Gasteiger partial charge in [-0.25, -0.2) is 0 Å². The zero-order valence-electron chi connectivity index (χ0n) is 11.2. The SMILES string of the molecule is CC(C)(C)OC(=O)CCOc1ccc(C#N)cc1Cl. The van der Waals surface area contributed by atoms with Crippen molar-refractivity contribution in [3.63, 3.8) is 0 Å². The number of esters is 1. The second-order valence-corrected chi connectivity index (χ2v) is 5.35. The van der Waals surface area contributed by atoms with E-state index in [1.165, 1.54) is 6.07 Å². The van der Waals surface area contributed by atoms with Gasteiger partial charge in [-0.1, -0.05) is 11.6 Å². The largest absolute Gasteiger partial charge is 0.491 e. The number of nitrogens with zero attached hydrogens (tertiary/aromatic N) is 1. The summed E-state index contributed by atoms with van der Waals surface area (Å²) in [5.74, 6) is 0.126. The minimum absolute atomic E-state index is 0.146. The standard InChI is InChI=1S/C14H16ClNO3/c1-14(2,3)19-13(17)6-7-18-12-5-4-10(9-16)8-11(12)15/h4-5,8H,6-7H2,1-3H3. The third kappa shape index (κ3) is 5.62. The van der Waals surface area contributed by atoms with Crippen molar-refractivity contribution < 1.29 is 14.3 Å². The molecule has 0 saturated carbocycles. The van der Waals surface area contributed by atoms with Gasteiger partial charge in [0.25, 0.3) is 0 Å². The average molecular weight is 282 g/mol. The normalized spacial score (nSPS) is 10.7. The van der Waals surface area contributed by atoms with E-state index in [1.54, 1.807) is 12.1 Å². The Morgan fingerprint density at radius 1 is 1.42 bits per heavy atom. The number of halogens is 1. The molecule has 0 aliphatic carbocycles. The van der Waals surface area contributed by atoms with Gasteiger partial charge in [-0.05, 0) is 39.0 Å². The topological polar surface area (TPSA) is 59.3 Å². The van der Waals surface area contributed by atoms with Gasteiger partial charge in [-0.3, -0.25) is 4.79 Å². The molecule has 102 valence electrons. The molecule has 0 heterocycles. The molecule has 19 heavy (non-hydrogen) atoms. The molecule has 5 heteroatoms. The Hall–Kier alpha value is -1.73. The van der Waals surface area contributed by atoms with E-state index in [4.69, 9.17) is 26.3 Å². The quantitative estimate of drug-likeness (QED) is 0.794. The van der Waals surface area contributed by atoms with E-state index in [1.807, 2.05) is 26.8 Å². The molecule has 0 bridgehead atoms. The third-order valence-corrected chi connectivity index (χ3v) is 2.34. The van der Waals surface area contributed by atoms with E-state index in [2.05, 4.69) is 0 Å². The zero-order chi connectivity index (χ0) is 14.5. The summed E-state index contributed by atoms with van der Waals surface area (Å²) in [7, 11) is 0. The van der Waals surface area contributed by atoms with Crippen molar-refractivity contribution in [2.75, 3.05) is 6.61 Å². The summed E-state index contributed by atoms with van der Waals surface area (Å²) in [5, 5.41) is 9.05. The van der Waals surface area contributed by atoms with Gasteiger partial charge in [0.15, 0.2) is 0 Å². The lowest BCUT2D eigenvalue weighted by Crippen LogP contribution is -2.24. The average Bonchev–Trinajstić information content (AvgIpc) is 2.28. The van der Waals surface area contributed by atoms with E-state index in [9.17, 15) is 4.79 Å². The van der Waals surface area contributed by atoms with Crippen molar-refractivity contribution >= 4 is 17.6 Å². The van der Waals surface area contributed by atoms with Gasteiger partial charge in [0, 0.05) is 0 Å². The highest BCUT2D eigenvalue weighted by Crippen LogP contribution is 2.25. The van der Waals surface area contributed by atoms with Gasteiger partial charge in [0.2, 0.25) is 0 Å². The Morgan fingerprint density at radius 2 is 2.11 bits per heavy atom. The van der Waals surface area contributed by atoms with Crippen LogP contribution in [0.2, 0.25) is 5.02 Å². The highest BCUT2D eigenvalue weighted by molar-refractivity contribution is 6.32. The lowest BCUT2D eigenvalue weighted by Gasteiger charge is -2.19. The lowest BCUT2D eigenvalue weighted by molar-refractivity contribution is -0.155. The molecule has 0 aliphatic rings. The van der Waals surface area contributed by atoms with E-state index < -0.39 is 5.60 Å². The molecule has 1 aromatic carbocycles. The first kappa shape index (κ1) is 15.3. The molecule has 0 aliphatic heterocycles. The molecule has 0 aromatic heterocycles. The van der Waals surface area contributed by atoms with Crippen LogP contribution in [0.25, 0.3) is 0 Å². The molecule has 4 nitrogen and oxygen atoms in total. The number of hydrogen-bond donors (Lipinski definition) is 0. The molecular formula is C14H16ClNO3. The van der Waals surface area contributed by atoms with Crippen LogP contribution in [-0.4, -0.2) is 18.2 Å². The molecule has 0 atom stereocenters. The maximum Gasteiger partial charge on any atom is 0.309 e. The minimum atomic E-state index is -0.497. The fourth-order valence-corrected chi connectivity index (χ4v) is 1.56. The Labute approximate surface area is 117 Å². The van der Waals surface area contributed by atoms with E-state index in [0.29, 0.717) is 16.3 Å². The monoisotopic (exact) mass is 281 g/mol. The Bertz CT molecular complexity index is 500. The van der Waals surface area contributed by atoms with Crippen molar-refractivity contribution in [1.82, 2.24) is 0 Å². The van der Waals surface area contributed by atoms with Gasteiger partial charge in [0.05, 0.1) is 29.7 Å². The maximum atomic E-state index is 11.5. The molecule has 0 N–H and O–H groups in total. The van der Waals surface area contributed by atoms with Crippen molar-refractivity contribution in [3.8, 4) is 11.8 Å². The predicted molar refractivity (Wildman–Crippen MR) is 72.1 cm³/mol. The number of benzene rings is 1.